The number of fused-ring (bicyclic) bond motifs is 1. The van der Waals surface area contributed by atoms with Crippen LogP contribution in [0.5, 0.6) is 0 Å². The van der Waals surface area contributed by atoms with Crippen LogP contribution in [0, 0.1) is 0 Å². The molecule has 0 radical (unpaired) electrons. The van der Waals surface area contributed by atoms with E-state index in [1.54, 1.807) is 0 Å². The molecule has 2 aliphatic rings. The lowest BCUT2D eigenvalue weighted by Crippen LogP contribution is -2.23. The fourth-order valence-corrected chi connectivity index (χ4v) is 5.03. The number of rotatable bonds is 1. The molecular weight excluding hydrogens is 274 g/mol. The Morgan fingerprint density at radius 1 is 1.39 bits per heavy atom. The molecule has 0 bridgehead atoms. The number of hydrogen-bond donors (Lipinski definition) is 1. The third-order valence-corrected chi connectivity index (χ3v) is 5.88. The van der Waals surface area contributed by atoms with Gasteiger partial charge in [-0.2, -0.15) is 0 Å². The first kappa shape index (κ1) is 12.4. The van der Waals surface area contributed by atoms with E-state index < -0.39 is 9.84 Å². The van der Waals surface area contributed by atoms with Crippen LogP contribution in [0.15, 0.2) is 0 Å². The highest BCUT2D eigenvalue weighted by molar-refractivity contribution is 7.91. The summed E-state index contributed by atoms with van der Waals surface area (Å²) in [6.45, 7) is 0.842. The van der Waals surface area contributed by atoms with Crippen LogP contribution < -0.4 is 5.73 Å². The summed E-state index contributed by atoms with van der Waals surface area (Å²) in [7, 11) is -2.90. The van der Waals surface area contributed by atoms with E-state index in [9.17, 15) is 8.42 Å². The maximum Gasteiger partial charge on any atom is 0.152 e. The van der Waals surface area contributed by atoms with Crippen molar-refractivity contribution >= 4 is 21.4 Å². The van der Waals surface area contributed by atoms with Crippen LogP contribution in [0.25, 0.3) is 0 Å². The van der Waals surface area contributed by atoms with E-state index in [1.165, 1.54) is 0 Å². The normalized spacial score (nSPS) is 30.3. The summed E-state index contributed by atoms with van der Waals surface area (Å²) in [6.07, 6.45) is 2.55. The van der Waals surface area contributed by atoms with Gasteiger partial charge in [-0.1, -0.05) is 11.6 Å². The molecule has 2 unspecified atom stereocenters. The zero-order valence-electron chi connectivity index (χ0n) is 9.97. The molecule has 7 heteroatoms. The Morgan fingerprint density at radius 2 is 2.17 bits per heavy atom. The summed E-state index contributed by atoms with van der Waals surface area (Å²) >= 11 is 6.15. The highest BCUT2D eigenvalue weighted by Gasteiger charge is 2.35. The Labute approximate surface area is 111 Å². The summed E-state index contributed by atoms with van der Waals surface area (Å²) in [5.41, 5.74) is 6.93. The van der Waals surface area contributed by atoms with Crippen LogP contribution in [0.2, 0.25) is 5.15 Å². The molecule has 0 saturated carbocycles. The van der Waals surface area contributed by atoms with Gasteiger partial charge in [-0.3, -0.25) is 0 Å². The first-order valence-electron chi connectivity index (χ1n) is 6.20. The number of aromatic nitrogens is 2. The van der Waals surface area contributed by atoms with Crippen LogP contribution in [-0.4, -0.2) is 29.5 Å². The first-order chi connectivity index (χ1) is 8.48. The zero-order chi connectivity index (χ0) is 12.9. The number of halogens is 1. The molecule has 3 heterocycles. The molecule has 100 valence electrons. The van der Waals surface area contributed by atoms with Crippen LogP contribution in [-0.2, 0) is 16.4 Å². The molecule has 0 aliphatic carbocycles. The van der Waals surface area contributed by atoms with Crippen molar-refractivity contribution in [1.82, 2.24) is 9.55 Å². The van der Waals surface area contributed by atoms with Crippen molar-refractivity contribution in [1.29, 1.82) is 0 Å². The van der Waals surface area contributed by atoms with Gasteiger partial charge in [-0.15, -0.1) is 0 Å². The second-order valence-electron chi connectivity index (χ2n) is 5.15. The lowest BCUT2D eigenvalue weighted by Gasteiger charge is -2.23. The van der Waals surface area contributed by atoms with E-state index in [2.05, 4.69) is 4.98 Å². The van der Waals surface area contributed by atoms with Gasteiger partial charge in [0.1, 0.15) is 5.82 Å². The third-order valence-electron chi connectivity index (χ3n) is 3.84. The van der Waals surface area contributed by atoms with Gasteiger partial charge < -0.3 is 10.3 Å². The maximum atomic E-state index is 11.6. The fourth-order valence-electron chi connectivity index (χ4n) is 2.96. The maximum absolute atomic E-state index is 11.6. The van der Waals surface area contributed by atoms with E-state index in [-0.39, 0.29) is 23.5 Å². The lowest BCUT2D eigenvalue weighted by molar-refractivity contribution is 0.444. The van der Waals surface area contributed by atoms with Gasteiger partial charge in [0.25, 0.3) is 0 Å². The van der Waals surface area contributed by atoms with Gasteiger partial charge in [-0.05, 0) is 19.3 Å². The quantitative estimate of drug-likeness (QED) is 0.843. The van der Waals surface area contributed by atoms with Gasteiger partial charge >= 0.3 is 0 Å². The van der Waals surface area contributed by atoms with Gasteiger partial charge in [-0.25, -0.2) is 13.4 Å². The molecule has 5 nitrogen and oxygen atoms in total. The van der Waals surface area contributed by atoms with Gasteiger partial charge in [0.05, 0.1) is 17.2 Å². The number of hydrogen-bond acceptors (Lipinski definition) is 4. The Hall–Kier alpha value is -0.590. The van der Waals surface area contributed by atoms with Crippen molar-refractivity contribution < 1.29 is 8.42 Å². The molecule has 2 aliphatic heterocycles. The zero-order valence-corrected chi connectivity index (χ0v) is 11.5. The number of imidazole rings is 1. The molecule has 1 saturated heterocycles. The summed E-state index contributed by atoms with van der Waals surface area (Å²) in [6, 6.07) is -0.0782. The van der Waals surface area contributed by atoms with Crippen LogP contribution in [0.3, 0.4) is 0 Å². The van der Waals surface area contributed by atoms with Crippen molar-refractivity contribution in [2.24, 2.45) is 5.73 Å². The Morgan fingerprint density at radius 3 is 2.83 bits per heavy atom. The molecule has 1 aromatic rings. The highest BCUT2D eigenvalue weighted by atomic mass is 35.5. The van der Waals surface area contributed by atoms with Crippen molar-refractivity contribution in [3.8, 4) is 0 Å². The van der Waals surface area contributed by atoms with E-state index >= 15 is 0 Å². The van der Waals surface area contributed by atoms with Crippen molar-refractivity contribution in [3.05, 3.63) is 16.7 Å². The minimum absolute atomic E-state index is 0.0217. The topological polar surface area (TPSA) is 78.0 Å². The molecule has 1 fully saturated rings. The van der Waals surface area contributed by atoms with Crippen LogP contribution >= 0.6 is 11.6 Å². The number of sulfone groups is 1. The number of nitrogens with two attached hydrogens (primary N) is 1. The highest BCUT2D eigenvalue weighted by Crippen LogP contribution is 2.36. The second kappa shape index (κ2) is 4.21. The minimum Gasteiger partial charge on any atom is -0.329 e. The van der Waals surface area contributed by atoms with Crippen LogP contribution in [0.4, 0.5) is 0 Å². The monoisotopic (exact) mass is 289 g/mol. The molecule has 2 N–H and O–H groups in total. The molecule has 2 atom stereocenters. The Kier molecular flexibility index (Phi) is 2.91. The van der Waals surface area contributed by atoms with Crippen LogP contribution in [0.1, 0.15) is 42.7 Å². The minimum atomic E-state index is -2.90. The summed E-state index contributed by atoms with van der Waals surface area (Å²) in [5, 5.41) is 0.446. The van der Waals surface area contributed by atoms with Crippen molar-refractivity contribution in [2.45, 2.75) is 37.8 Å². The fraction of sp³-hybridized carbons (Fsp3) is 0.727. The SMILES string of the molecule is NC1CCCn2c(C3CCS(=O)(=O)C3)nc(Cl)c21. The number of nitrogens with zero attached hydrogens (tertiary/aromatic N) is 2. The molecule has 0 aromatic carbocycles. The van der Waals surface area contributed by atoms with Gasteiger partial charge in [0.15, 0.2) is 15.0 Å². The van der Waals surface area contributed by atoms with E-state index in [4.69, 9.17) is 17.3 Å². The van der Waals surface area contributed by atoms with E-state index in [0.717, 1.165) is 30.9 Å². The van der Waals surface area contributed by atoms with E-state index in [0.29, 0.717) is 11.6 Å². The molecule has 1 aromatic heterocycles. The third kappa shape index (κ3) is 1.96. The standard InChI is InChI=1S/C11H16ClN3O2S/c12-10-9-8(13)2-1-4-15(9)11(14-10)7-3-5-18(16,17)6-7/h7-8H,1-6,13H2. The predicted molar refractivity (Wildman–Crippen MR) is 69.4 cm³/mol. The predicted octanol–water partition coefficient (Wildman–Crippen LogP) is 1.23. The molecular formula is C11H16ClN3O2S. The summed E-state index contributed by atoms with van der Waals surface area (Å²) in [4.78, 5) is 4.37. The molecule has 3 rings (SSSR count). The van der Waals surface area contributed by atoms with Gasteiger partial charge in [0, 0.05) is 18.5 Å². The largest absolute Gasteiger partial charge is 0.329 e. The van der Waals surface area contributed by atoms with Crippen molar-refractivity contribution in [3.63, 3.8) is 0 Å². The average Bonchev–Trinajstić information content (AvgIpc) is 2.81. The lowest BCUT2D eigenvalue weighted by atomic mass is 10.0. The average molecular weight is 290 g/mol. The second-order valence-corrected chi connectivity index (χ2v) is 7.73. The van der Waals surface area contributed by atoms with E-state index in [1.807, 2.05) is 4.57 Å². The van der Waals surface area contributed by atoms with Crippen molar-refractivity contribution in [2.75, 3.05) is 11.5 Å². The van der Waals surface area contributed by atoms with Gasteiger partial charge in [0.2, 0.25) is 0 Å². The summed E-state index contributed by atoms with van der Waals surface area (Å²) in [5.74, 6) is 1.23. The molecule has 0 spiro atoms. The Balaban J connectivity index is 2.02. The Bertz CT molecular complexity index is 581. The smallest absolute Gasteiger partial charge is 0.152 e. The summed E-state index contributed by atoms with van der Waals surface area (Å²) < 4.78 is 25.2. The first-order valence-corrected chi connectivity index (χ1v) is 8.40. The molecule has 0 amide bonds. The molecule has 18 heavy (non-hydrogen) atoms.